The molecule has 1 aromatic heterocycles. The molecular formula is C19H15ClO5. The summed E-state index contributed by atoms with van der Waals surface area (Å²) in [5.41, 5.74) is 0.996. The van der Waals surface area contributed by atoms with Crippen LogP contribution in [-0.2, 0) is 0 Å². The number of aryl methyl sites for hydroxylation is 1. The molecule has 2 aromatic carbocycles. The monoisotopic (exact) mass is 358 g/mol. The van der Waals surface area contributed by atoms with E-state index < -0.39 is 0 Å². The quantitative estimate of drug-likeness (QED) is 0.663. The van der Waals surface area contributed by atoms with Crippen LogP contribution in [0.2, 0.25) is 5.02 Å². The van der Waals surface area contributed by atoms with Crippen LogP contribution >= 0.6 is 11.6 Å². The van der Waals surface area contributed by atoms with Crippen molar-refractivity contribution in [3.05, 3.63) is 63.5 Å². The van der Waals surface area contributed by atoms with Crippen LogP contribution in [0, 0.1) is 6.92 Å². The second kappa shape index (κ2) is 6.33. The SMILES string of the molecule is Cc1cc(=O)oc2cc(OCC3COc4ccc(Cl)cc4O3)ccc12. The molecule has 6 heteroatoms. The van der Waals surface area contributed by atoms with Crippen molar-refractivity contribution < 1.29 is 18.6 Å². The molecule has 0 aliphatic carbocycles. The molecule has 0 spiro atoms. The van der Waals surface area contributed by atoms with E-state index >= 15 is 0 Å². The smallest absolute Gasteiger partial charge is 0.336 e. The Balaban J connectivity index is 1.48. The minimum absolute atomic E-state index is 0.258. The Hall–Kier alpha value is -2.66. The average molecular weight is 359 g/mol. The minimum Gasteiger partial charge on any atom is -0.489 e. The lowest BCUT2D eigenvalue weighted by Crippen LogP contribution is -2.34. The molecule has 25 heavy (non-hydrogen) atoms. The number of fused-ring (bicyclic) bond motifs is 2. The third-order valence-corrected chi connectivity index (χ3v) is 4.22. The number of rotatable bonds is 3. The van der Waals surface area contributed by atoms with Crippen LogP contribution in [0.15, 0.2) is 51.7 Å². The maximum atomic E-state index is 11.5. The molecule has 5 nitrogen and oxygen atoms in total. The van der Waals surface area contributed by atoms with Gasteiger partial charge in [-0.25, -0.2) is 4.79 Å². The Bertz CT molecular complexity index is 995. The van der Waals surface area contributed by atoms with E-state index in [4.69, 9.17) is 30.2 Å². The maximum Gasteiger partial charge on any atom is 0.336 e. The highest BCUT2D eigenvalue weighted by atomic mass is 35.5. The summed E-state index contributed by atoms with van der Waals surface area (Å²) in [6, 6.07) is 12.1. The molecule has 0 N–H and O–H groups in total. The standard InChI is InChI=1S/C19H15ClO5/c1-11-6-19(21)25-17-8-13(3-4-15(11)17)22-9-14-10-23-16-5-2-12(20)7-18(16)24-14/h2-8,14H,9-10H2,1H3. The molecule has 4 rings (SSSR count). The minimum atomic E-state index is -0.375. The highest BCUT2D eigenvalue weighted by Gasteiger charge is 2.22. The first kappa shape index (κ1) is 15.8. The van der Waals surface area contributed by atoms with Crippen LogP contribution in [0.25, 0.3) is 11.0 Å². The summed E-state index contributed by atoms with van der Waals surface area (Å²) < 4.78 is 22.5. The van der Waals surface area contributed by atoms with Crippen LogP contribution in [0.1, 0.15) is 5.56 Å². The Morgan fingerprint density at radius 3 is 2.92 bits per heavy atom. The Labute approximate surface area is 148 Å². The van der Waals surface area contributed by atoms with E-state index in [1.807, 2.05) is 19.1 Å². The van der Waals surface area contributed by atoms with Crippen molar-refractivity contribution in [2.45, 2.75) is 13.0 Å². The zero-order valence-corrected chi connectivity index (χ0v) is 14.2. The van der Waals surface area contributed by atoms with Crippen molar-refractivity contribution in [2.75, 3.05) is 13.2 Å². The van der Waals surface area contributed by atoms with E-state index in [0.29, 0.717) is 41.1 Å². The molecule has 1 unspecified atom stereocenters. The van der Waals surface area contributed by atoms with Gasteiger partial charge in [0.25, 0.3) is 0 Å². The van der Waals surface area contributed by atoms with Crippen LogP contribution in [0.4, 0.5) is 0 Å². The molecule has 2 heterocycles. The van der Waals surface area contributed by atoms with Crippen LogP contribution < -0.4 is 19.8 Å². The van der Waals surface area contributed by atoms with E-state index in [0.717, 1.165) is 10.9 Å². The third-order valence-electron chi connectivity index (χ3n) is 3.98. The molecule has 0 saturated heterocycles. The summed E-state index contributed by atoms with van der Waals surface area (Å²) in [4.78, 5) is 11.5. The lowest BCUT2D eigenvalue weighted by molar-refractivity contribution is 0.0536. The number of halogens is 1. The average Bonchev–Trinajstić information content (AvgIpc) is 2.59. The number of ether oxygens (including phenoxy) is 3. The second-order valence-corrected chi connectivity index (χ2v) is 6.30. The van der Waals surface area contributed by atoms with E-state index in [2.05, 4.69) is 0 Å². The molecule has 0 radical (unpaired) electrons. The van der Waals surface area contributed by atoms with Gasteiger partial charge in [0.1, 0.15) is 24.5 Å². The van der Waals surface area contributed by atoms with Gasteiger partial charge >= 0.3 is 5.63 Å². The molecule has 0 fully saturated rings. The summed E-state index contributed by atoms with van der Waals surface area (Å²) in [5, 5.41) is 1.47. The molecule has 1 aliphatic rings. The fourth-order valence-corrected chi connectivity index (χ4v) is 2.92. The third kappa shape index (κ3) is 3.28. The topological polar surface area (TPSA) is 57.9 Å². The molecule has 128 valence electrons. The van der Waals surface area contributed by atoms with Gasteiger partial charge in [-0.2, -0.15) is 0 Å². The van der Waals surface area contributed by atoms with Crippen molar-refractivity contribution in [1.82, 2.24) is 0 Å². The van der Waals surface area contributed by atoms with Gasteiger partial charge in [0.15, 0.2) is 17.6 Å². The van der Waals surface area contributed by atoms with Gasteiger partial charge in [-0.3, -0.25) is 0 Å². The zero-order valence-electron chi connectivity index (χ0n) is 13.5. The van der Waals surface area contributed by atoms with Crippen molar-refractivity contribution >= 4 is 22.6 Å². The van der Waals surface area contributed by atoms with E-state index in [1.165, 1.54) is 6.07 Å². The van der Waals surface area contributed by atoms with E-state index in [-0.39, 0.29) is 11.7 Å². The van der Waals surface area contributed by atoms with E-state index in [9.17, 15) is 4.79 Å². The molecule has 1 aliphatic heterocycles. The van der Waals surface area contributed by atoms with Gasteiger partial charge in [-0.1, -0.05) is 11.6 Å². The van der Waals surface area contributed by atoms with Gasteiger partial charge in [0.2, 0.25) is 0 Å². The van der Waals surface area contributed by atoms with Gasteiger partial charge in [-0.05, 0) is 36.8 Å². The Morgan fingerprint density at radius 2 is 2.04 bits per heavy atom. The summed E-state index contributed by atoms with van der Waals surface area (Å²) in [6.07, 6.45) is -0.258. The lowest BCUT2D eigenvalue weighted by Gasteiger charge is -2.26. The highest BCUT2D eigenvalue weighted by molar-refractivity contribution is 6.30. The van der Waals surface area contributed by atoms with Gasteiger partial charge in [-0.15, -0.1) is 0 Å². The predicted molar refractivity (Wildman–Crippen MR) is 94.1 cm³/mol. The molecule has 3 aromatic rings. The fraction of sp³-hybridized carbons (Fsp3) is 0.211. The van der Waals surface area contributed by atoms with Crippen LogP contribution in [0.5, 0.6) is 17.2 Å². The van der Waals surface area contributed by atoms with Gasteiger partial charge in [0.05, 0.1) is 0 Å². The lowest BCUT2D eigenvalue weighted by atomic mass is 10.1. The van der Waals surface area contributed by atoms with Gasteiger partial charge in [0, 0.05) is 28.6 Å². The van der Waals surface area contributed by atoms with Crippen molar-refractivity contribution in [2.24, 2.45) is 0 Å². The zero-order chi connectivity index (χ0) is 17.4. The summed E-state index contributed by atoms with van der Waals surface area (Å²) in [7, 11) is 0. The summed E-state index contributed by atoms with van der Waals surface area (Å²) in [5.74, 6) is 1.87. The number of hydrogen-bond donors (Lipinski definition) is 0. The maximum absolute atomic E-state index is 11.5. The highest BCUT2D eigenvalue weighted by Crippen LogP contribution is 2.34. The molecule has 0 bridgehead atoms. The Morgan fingerprint density at radius 1 is 1.16 bits per heavy atom. The number of benzene rings is 2. The van der Waals surface area contributed by atoms with Crippen molar-refractivity contribution in [1.29, 1.82) is 0 Å². The van der Waals surface area contributed by atoms with Crippen molar-refractivity contribution in [3.8, 4) is 17.2 Å². The first-order valence-corrected chi connectivity index (χ1v) is 8.22. The summed E-state index contributed by atoms with van der Waals surface area (Å²) >= 11 is 5.98. The molecular weight excluding hydrogens is 344 g/mol. The second-order valence-electron chi connectivity index (χ2n) is 5.86. The van der Waals surface area contributed by atoms with Crippen LogP contribution in [-0.4, -0.2) is 19.3 Å². The molecule has 0 saturated carbocycles. The molecule has 1 atom stereocenters. The van der Waals surface area contributed by atoms with Gasteiger partial charge < -0.3 is 18.6 Å². The fourth-order valence-electron chi connectivity index (χ4n) is 2.76. The summed E-state index contributed by atoms with van der Waals surface area (Å²) in [6.45, 7) is 2.56. The number of hydrogen-bond acceptors (Lipinski definition) is 5. The van der Waals surface area contributed by atoms with E-state index in [1.54, 1.807) is 24.3 Å². The van der Waals surface area contributed by atoms with Crippen LogP contribution in [0.3, 0.4) is 0 Å². The first-order chi connectivity index (χ1) is 12.1. The van der Waals surface area contributed by atoms with Crippen molar-refractivity contribution in [3.63, 3.8) is 0 Å². The first-order valence-electron chi connectivity index (χ1n) is 7.85. The largest absolute Gasteiger partial charge is 0.489 e. The predicted octanol–water partition coefficient (Wildman–Crippen LogP) is 3.97. The molecule has 0 amide bonds. The normalized spacial score (nSPS) is 16.0. The Kier molecular flexibility index (Phi) is 4.01.